The zero-order valence-corrected chi connectivity index (χ0v) is 12.1. The second-order valence-corrected chi connectivity index (χ2v) is 5.96. The normalized spacial score (nSPS) is 12.6. The van der Waals surface area contributed by atoms with Crippen molar-refractivity contribution in [2.45, 2.75) is 24.3 Å². The van der Waals surface area contributed by atoms with Crippen LogP contribution in [0.15, 0.2) is 28.8 Å². The standard InChI is InChI=1S/C13H15ClN2O2S/c1-9(6-7-17)19-8-12-15-13(16-18-12)10-4-2-3-5-11(10)14/h2-5,9,17H,6-8H2,1H3. The van der Waals surface area contributed by atoms with Gasteiger partial charge in [0, 0.05) is 17.4 Å². The molecule has 1 heterocycles. The maximum Gasteiger partial charge on any atom is 0.236 e. The summed E-state index contributed by atoms with van der Waals surface area (Å²) in [5.74, 6) is 1.72. The Bertz CT molecular complexity index is 533. The van der Waals surface area contributed by atoms with Gasteiger partial charge in [-0.2, -0.15) is 4.98 Å². The smallest absolute Gasteiger partial charge is 0.236 e. The second-order valence-electron chi connectivity index (χ2n) is 4.13. The van der Waals surface area contributed by atoms with Gasteiger partial charge in [0.05, 0.1) is 10.8 Å². The van der Waals surface area contributed by atoms with Gasteiger partial charge in [0.1, 0.15) is 0 Å². The van der Waals surface area contributed by atoms with E-state index in [1.807, 2.05) is 18.2 Å². The fourth-order valence-electron chi connectivity index (χ4n) is 1.54. The van der Waals surface area contributed by atoms with Gasteiger partial charge < -0.3 is 9.63 Å². The molecule has 1 atom stereocenters. The van der Waals surface area contributed by atoms with E-state index in [0.29, 0.717) is 27.7 Å². The first-order valence-electron chi connectivity index (χ1n) is 6.00. The van der Waals surface area contributed by atoms with Crippen LogP contribution in [0.1, 0.15) is 19.2 Å². The summed E-state index contributed by atoms with van der Waals surface area (Å²) < 4.78 is 5.20. The van der Waals surface area contributed by atoms with Crippen molar-refractivity contribution in [3.05, 3.63) is 35.2 Å². The number of aromatic nitrogens is 2. The number of aliphatic hydroxyl groups is 1. The summed E-state index contributed by atoms with van der Waals surface area (Å²) in [7, 11) is 0. The van der Waals surface area contributed by atoms with Gasteiger partial charge in [-0.05, 0) is 18.6 Å². The molecule has 0 aliphatic carbocycles. The molecule has 2 rings (SSSR count). The number of rotatable bonds is 6. The van der Waals surface area contributed by atoms with Gasteiger partial charge in [-0.1, -0.05) is 35.8 Å². The fraction of sp³-hybridized carbons (Fsp3) is 0.385. The van der Waals surface area contributed by atoms with Crippen molar-refractivity contribution in [3.8, 4) is 11.4 Å². The minimum atomic E-state index is 0.197. The van der Waals surface area contributed by atoms with Crippen LogP contribution in [0.2, 0.25) is 5.02 Å². The Kier molecular flexibility index (Phi) is 5.24. The van der Waals surface area contributed by atoms with Gasteiger partial charge in [-0.25, -0.2) is 0 Å². The van der Waals surface area contributed by atoms with E-state index in [0.717, 1.165) is 12.0 Å². The highest BCUT2D eigenvalue weighted by atomic mass is 35.5. The number of hydrogen-bond acceptors (Lipinski definition) is 5. The first kappa shape index (κ1) is 14.4. The number of thioether (sulfide) groups is 1. The van der Waals surface area contributed by atoms with E-state index >= 15 is 0 Å². The van der Waals surface area contributed by atoms with Crippen LogP contribution in [0.5, 0.6) is 0 Å². The molecule has 0 saturated heterocycles. The molecule has 2 aromatic rings. The van der Waals surface area contributed by atoms with Gasteiger partial charge in [0.25, 0.3) is 0 Å². The molecule has 1 aromatic carbocycles. The van der Waals surface area contributed by atoms with Gasteiger partial charge >= 0.3 is 0 Å². The predicted molar refractivity (Wildman–Crippen MR) is 77.2 cm³/mol. The van der Waals surface area contributed by atoms with Crippen LogP contribution >= 0.6 is 23.4 Å². The largest absolute Gasteiger partial charge is 0.396 e. The van der Waals surface area contributed by atoms with E-state index in [-0.39, 0.29) is 6.61 Å². The maximum atomic E-state index is 8.84. The zero-order chi connectivity index (χ0) is 13.7. The lowest BCUT2D eigenvalue weighted by Crippen LogP contribution is -1.99. The molecule has 102 valence electrons. The van der Waals surface area contributed by atoms with E-state index in [1.165, 1.54) is 0 Å². The average Bonchev–Trinajstić information content (AvgIpc) is 2.86. The van der Waals surface area contributed by atoms with Crippen molar-refractivity contribution < 1.29 is 9.63 Å². The third-order valence-corrected chi connectivity index (χ3v) is 4.16. The molecule has 0 spiro atoms. The summed E-state index contributed by atoms with van der Waals surface area (Å²) in [6.45, 7) is 2.26. The second kappa shape index (κ2) is 6.93. The van der Waals surface area contributed by atoms with E-state index in [4.69, 9.17) is 21.2 Å². The van der Waals surface area contributed by atoms with Crippen molar-refractivity contribution in [2.24, 2.45) is 0 Å². The molecule has 1 N–H and O–H groups in total. The number of halogens is 1. The van der Waals surface area contributed by atoms with E-state index in [2.05, 4.69) is 17.1 Å². The molecule has 0 aliphatic rings. The lowest BCUT2D eigenvalue weighted by atomic mass is 10.2. The number of benzene rings is 1. The van der Waals surface area contributed by atoms with Crippen LogP contribution in [0.25, 0.3) is 11.4 Å². The van der Waals surface area contributed by atoms with Crippen molar-refractivity contribution in [2.75, 3.05) is 6.61 Å². The summed E-state index contributed by atoms with van der Waals surface area (Å²) >= 11 is 7.76. The molecule has 1 aromatic heterocycles. The highest BCUT2D eigenvalue weighted by Crippen LogP contribution is 2.26. The summed E-state index contributed by atoms with van der Waals surface area (Å²) in [4.78, 5) is 4.33. The third-order valence-electron chi connectivity index (χ3n) is 2.61. The highest BCUT2D eigenvalue weighted by molar-refractivity contribution is 7.99. The Hall–Kier alpha value is -1.04. The van der Waals surface area contributed by atoms with Crippen molar-refractivity contribution >= 4 is 23.4 Å². The Morgan fingerprint density at radius 2 is 2.21 bits per heavy atom. The lowest BCUT2D eigenvalue weighted by Gasteiger charge is -2.06. The average molecular weight is 299 g/mol. The van der Waals surface area contributed by atoms with Crippen LogP contribution in [-0.2, 0) is 5.75 Å². The molecular weight excluding hydrogens is 284 g/mol. The molecule has 0 bridgehead atoms. The molecular formula is C13H15ClN2O2S. The minimum Gasteiger partial charge on any atom is -0.396 e. The minimum absolute atomic E-state index is 0.197. The molecule has 1 unspecified atom stereocenters. The van der Waals surface area contributed by atoms with Gasteiger partial charge in [0.2, 0.25) is 11.7 Å². The van der Waals surface area contributed by atoms with Crippen LogP contribution in [-0.4, -0.2) is 27.1 Å². The van der Waals surface area contributed by atoms with Gasteiger partial charge in [-0.15, -0.1) is 11.8 Å². The molecule has 4 nitrogen and oxygen atoms in total. The fourth-order valence-corrected chi connectivity index (χ4v) is 2.58. The number of nitrogens with zero attached hydrogens (tertiary/aromatic N) is 2. The quantitative estimate of drug-likeness (QED) is 0.886. The highest BCUT2D eigenvalue weighted by Gasteiger charge is 2.12. The SMILES string of the molecule is CC(CCO)SCc1nc(-c2ccccc2Cl)no1. The Labute approximate surface area is 121 Å². The van der Waals surface area contributed by atoms with Crippen LogP contribution in [0.4, 0.5) is 0 Å². The summed E-state index contributed by atoms with van der Waals surface area (Å²) in [5.41, 5.74) is 0.771. The third kappa shape index (κ3) is 3.96. The van der Waals surface area contributed by atoms with E-state index in [9.17, 15) is 0 Å². The van der Waals surface area contributed by atoms with Crippen LogP contribution < -0.4 is 0 Å². The number of hydrogen-bond donors (Lipinski definition) is 1. The van der Waals surface area contributed by atoms with E-state index < -0.39 is 0 Å². The first-order chi connectivity index (χ1) is 9.20. The lowest BCUT2D eigenvalue weighted by molar-refractivity contribution is 0.289. The van der Waals surface area contributed by atoms with Crippen LogP contribution in [0.3, 0.4) is 0 Å². The Balaban J connectivity index is 2.02. The van der Waals surface area contributed by atoms with Crippen molar-refractivity contribution in [1.29, 1.82) is 0 Å². The molecule has 19 heavy (non-hydrogen) atoms. The molecule has 0 amide bonds. The van der Waals surface area contributed by atoms with Crippen molar-refractivity contribution in [3.63, 3.8) is 0 Å². The summed E-state index contributed by atoms with van der Waals surface area (Å²) in [6, 6.07) is 7.40. The van der Waals surface area contributed by atoms with Gasteiger partial charge in [0.15, 0.2) is 0 Å². The molecule has 0 aliphatic heterocycles. The Morgan fingerprint density at radius 3 is 2.95 bits per heavy atom. The topological polar surface area (TPSA) is 59.2 Å². The molecule has 0 saturated carbocycles. The summed E-state index contributed by atoms with van der Waals surface area (Å²) in [5, 5.41) is 13.7. The molecule has 0 radical (unpaired) electrons. The van der Waals surface area contributed by atoms with Crippen LogP contribution in [0, 0.1) is 0 Å². The van der Waals surface area contributed by atoms with Gasteiger partial charge in [-0.3, -0.25) is 0 Å². The van der Waals surface area contributed by atoms with E-state index in [1.54, 1.807) is 17.8 Å². The van der Waals surface area contributed by atoms with Crippen molar-refractivity contribution in [1.82, 2.24) is 10.1 Å². The first-order valence-corrected chi connectivity index (χ1v) is 7.43. The number of aliphatic hydroxyl groups excluding tert-OH is 1. The monoisotopic (exact) mass is 298 g/mol. The predicted octanol–water partition coefficient (Wildman–Crippen LogP) is 3.39. The molecule has 6 heteroatoms. The Morgan fingerprint density at radius 1 is 1.42 bits per heavy atom. The zero-order valence-electron chi connectivity index (χ0n) is 10.5. The maximum absolute atomic E-state index is 8.84. The molecule has 0 fully saturated rings. The summed E-state index contributed by atoms with van der Waals surface area (Å²) in [6.07, 6.45) is 0.760.